The molecule has 24 heavy (non-hydrogen) atoms. The third-order valence-corrected chi connectivity index (χ3v) is 5.08. The quantitative estimate of drug-likeness (QED) is 0.260. The SMILES string of the molecule is O=[N+]([O-])c1ccc(-c2ccccc2)cc1Nc1c(Br)cccc1I. The number of rotatable bonds is 4. The van der Waals surface area contributed by atoms with Gasteiger partial charge in [0.05, 0.1) is 10.6 Å². The number of benzene rings is 3. The van der Waals surface area contributed by atoms with Crippen LogP contribution in [0.4, 0.5) is 17.1 Å². The molecule has 120 valence electrons. The molecule has 0 saturated carbocycles. The Labute approximate surface area is 161 Å². The van der Waals surface area contributed by atoms with E-state index in [1.807, 2.05) is 54.6 Å². The molecule has 1 N–H and O–H groups in total. The van der Waals surface area contributed by atoms with Crippen LogP contribution in [0.1, 0.15) is 0 Å². The lowest BCUT2D eigenvalue weighted by Gasteiger charge is -2.12. The molecule has 0 atom stereocenters. The van der Waals surface area contributed by atoms with Gasteiger partial charge < -0.3 is 5.32 Å². The van der Waals surface area contributed by atoms with Crippen molar-refractivity contribution < 1.29 is 4.92 Å². The summed E-state index contributed by atoms with van der Waals surface area (Å²) in [4.78, 5) is 11.0. The van der Waals surface area contributed by atoms with Gasteiger partial charge in [-0.3, -0.25) is 10.1 Å². The molecule has 0 spiro atoms. The summed E-state index contributed by atoms with van der Waals surface area (Å²) in [7, 11) is 0. The van der Waals surface area contributed by atoms with E-state index in [-0.39, 0.29) is 10.6 Å². The summed E-state index contributed by atoms with van der Waals surface area (Å²) in [5.74, 6) is 0. The van der Waals surface area contributed by atoms with E-state index in [1.165, 1.54) is 6.07 Å². The van der Waals surface area contributed by atoms with Crippen molar-refractivity contribution in [3.63, 3.8) is 0 Å². The maximum absolute atomic E-state index is 11.4. The monoisotopic (exact) mass is 494 g/mol. The minimum atomic E-state index is -0.374. The first-order chi connectivity index (χ1) is 11.6. The van der Waals surface area contributed by atoms with Gasteiger partial charge in [0.2, 0.25) is 0 Å². The first-order valence-electron chi connectivity index (χ1n) is 7.11. The summed E-state index contributed by atoms with van der Waals surface area (Å²) in [6.07, 6.45) is 0. The summed E-state index contributed by atoms with van der Waals surface area (Å²) in [6, 6.07) is 20.7. The Kier molecular flexibility index (Phi) is 5.15. The molecule has 4 nitrogen and oxygen atoms in total. The van der Waals surface area contributed by atoms with Gasteiger partial charge in [0.1, 0.15) is 5.69 Å². The number of nitrogens with zero attached hydrogens (tertiary/aromatic N) is 1. The maximum Gasteiger partial charge on any atom is 0.292 e. The number of halogens is 2. The van der Waals surface area contributed by atoms with Crippen molar-refractivity contribution in [1.29, 1.82) is 0 Å². The normalized spacial score (nSPS) is 10.4. The molecule has 6 heteroatoms. The Bertz CT molecular complexity index is 881. The zero-order valence-corrected chi connectivity index (χ0v) is 16.1. The van der Waals surface area contributed by atoms with E-state index in [2.05, 4.69) is 43.8 Å². The summed E-state index contributed by atoms with van der Waals surface area (Å²) in [6.45, 7) is 0. The van der Waals surface area contributed by atoms with Gasteiger partial charge in [0.15, 0.2) is 0 Å². The summed E-state index contributed by atoms with van der Waals surface area (Å²) in [5.41, 5.74) is 3.25. The zero-order valence-electron chi connectivity index (χ0n) is 12.4. The lowest BCUT2D eigenvalue weighted by atomic mass is 10.0. The van der Waals surface area contributed by atoms with Crippen molar-refractivity contribution in [1.82, 2.24) is 0 Å². The maximum atomic E-state index is 11.4. The van der Waals surface area contributed by atoms with Crippen molar-refractivity contribution in [3.05, 3.63) is 84.9 Å². The van der Waals surface area contributed by atoms with Crippen molar-refractivity contribution >= 4 is 55.6 Å². The van der Waals surface area contributed by atoms with E-state index in [4.69, 9.17) is 0 Å². The first-order valence-corrected chi connectivity index (χ1v) is 8.98. The molecule has 0 saturated heterocycles. The van der Waals surface area contributed by atoms with E-state index < -0.39 is 0 Å². The fourth-order valence-corrected chi connectivity index (χ4v) is 3.83. The molecule has 0 fully saturated rings. The number of anilines is 2. The molecule has 3 rings (SSSR count). The van der Waals surface area contributed by atoms with Crippen LogP contribution >= 0.6 is 38.5 Å². The molecule has 0 aromatic heterocycles. The van der Waals surface area contributed by atoms with Crippen LogP contribution in [-0.2, 0) is 0 Å². The summed E-state index contributed by atoms with van der Waals surface area (Å²) < 4.78 is 1.83. The van der Waals surface area contributed by atoms with Crippen molar-refractivity contribution in [2.75, 3.05) is 5.32 Å². The minimum absolute atomic E-state index is 0.0428. The van der Waals surface area contributed by atoms with Gasteiger partial charge in [-0.2, -0.15) is 0 Å². The van der Waals surface area contributed by atoms with Crippen molar-refractivity contribution in [2.45, 2.75) is 0 Å². The predicted octanol–water partition coefficient (Wildman–Crippen LogP) is 6.37. The molecule has 3 aromatic rings. The average Bonchev–Trinajstić information content (AvgIpc) is 2.59. The number of hydrogen-bond acceptors (Lipinski definition) is 3. The third-order valence-electron chi connectivity index (χ3n) is 3.52. The minimum Gasteiger partial charge on any atom is -0.348 e. The smallest absolute Gasteiger partial charge is 0.292 e. The standard InChI is InChI=1S/C18H12BrIN2O2/c19-14-7-4-8-15(20)18(14)21-16-11-13(9-10-17(16)22(23)24)12-5-2-1-3-6-12/h1-11,21H. The lowest BCUT2D eigenvalue weighted by Crippen LogP contribution is -1.99. The molecule has 0 aliphatic heterocycles. The van der Waals surface area contributed by atoms with Crippen LogP contribution in [0.15, 0.2) is 71.2 Å². The van der Waals surface area contributed by atoms with E-state index in [0.29, 0.717) is 5.69 Å². The van der Waals surface area contributed by atoms with Crippen LogP contribution in [0.5, 0.6) is 0 Å². The summed E-state index contributed by atoms with van der Waals surface area (Å²) in [5, 5.41) is 14.6. The Morgan fingerprint density at radius 2 is 1.71 bits per heavy atom. The van der Waals surface area contributed by atoms with Gasteiger partial charge >= 0.3 is 0 Å². The largest absolute Gasteiger partial charge is 0.348 e. The Hall–Kier alpha value is -1.93. The molecule has 0 aliphatic carbocycles. The molecular weight excluding hydrogens is 483 g/mol. The Morgan fingerprint density at radius 1 is 0.958 bits per heavy atom. The molecule has 0 aliphatic rings. The topological polar surface area (TPSA) is 55.2 Å². The van der Waals surface area contributed by atoms with Gasteiger partial charge in [-0.15, -0.1) is 0 Å². The second-order valence-corrected chi connectivity index (χ2v) is 7.09. The fraction of sp³-hybridized carbons (Fsp3) is 0. The number of nitrogens with one attached hydrogen (secondary N) is 1. The summed E-state index contributed by atoms with van der Waals surface area (Å²) >= 11 is 5.69. The Balaban J connectivity index is 2.09. The third kappa shape index (κ3) is 3.59. The zero-order chi connectivity index (χ0) is 17.1. The number of para-hydroxylation sites is 1. The first kappa shape index (κ1) is 16.9. The van der Waals surface area contributed by atoms with Gasteiger partial charge in [-0.1, -0.05) is 36.4 Å². The molecule has 0 heterocycles. The predicted molar refractivity (Wildman–Crippen MR) is 109 cm³/mol. The molecule has 0 unspecified atom stereocenters. The average molecular weight is 495 g/mol. The highest BCUT2D eigenvalue weighted by atomic mass is 127. The van der Waals surface area contributed by atoms with E-state index in [0.717, 1.165) is 24.9 Å². The molecule has 0 amide bonds. The highest BCUT2D eigenvalue weighted by Gasteiger charge is 2.17. The fourth-order valence-electron chi connectivity index (χ4n) is 2.36. The van der Waals surface area contributed by atoms with Crippen LogP contribution in [0.25, 0.3) is 11.1 Å². The molecule has 0 bridgehead atoms. The molecule has 3 aromatic carbocycles. The van der Waals surface area contributed by atoms with Crippen molar-refractivity contribution in [3.8, 4) is 11.1 Å². The van der Waals surface area contributed by atoms with E-state index >= 15 is 0 Å². The van der Waals surface area contributed by atoms with Gasteiger partial charge in [-0.25, -0.2) is 0 Å². The van der Waals surface area contributed by atoms with E-state index in [9.17, 15) is 10.1 Å². The van der Waals surface area contributed by atoms with Crippen LogP contribution in [0.3, 0.4) is 0 Å². The van der Waals surface area contributed by atoms with E-state index in [1.54, 1.807) is 6.07 Å². The highest BCUT2D eigenvalue weighted by Crippen LogP contribution is 2.36. The lowest BCUT2D eigenvalue weighted by molar-refractivity contribution is -0.383. The van der Waals surface area contributed by atoms with Gasteiger partial charge in [-0.05, 0) is 73.9 Å². The number of nitro benzene ring substituents is 1. The number of hydrogen-bond donors (Lipinski definition) is 1. The van der Waals surface area contributed by atoms with Crippen LogP contribution in [0, 0.1) is 13.7 Å². The van der Waals surface area contributed by atoms with Crippen molar-refractivity contribution in [2.24, 2.45) is 0 Å². The molecule has 0 radical (unpaired) electrons. The van der Waals surface area contributed by atoms with Crippen LogP contribution in [0.2, 0.25) is 0 Å². The van der Waals surface area contributed by atoms with Gasteiger partial charge in [0.25, 0.3) is 5.69 Å². The Morgan fingerprint density at radius 3 is 2.38 bits per heavy atom. The molecular formula is C18H12BrIN2O2. The van der Waals surface area contributed by atoms with Gasteiger partial charge in [0, 0.05) is 14.1 Å². The van der Waals surface area contributed by atoms with Crippen LogP contribution in [-0.4, -0.2) is 4.92 Å². The second-order valence-electron chi connectivity index (χ2n) is 5.08. The number of nitro groups is 1. The highest BCUT2D eigenvalue weighted by molar-refractivity contribution is 14.1. The van der Waals surface area contributed by atoms with Crippen LogP contribution < -0.4 is 5.32 Å². The second kappa shape index (κ2) is 7.31.